The summed E-state index contributed by atoms with van der Waals surface area (Å²) in [6, 6.07) is 15.9. The van der Waals surface area contributed by atoms with Crippen molar-refractivity contribution in [2.75, 3.05) is 14.1 Å². The van der Waals surface area contributed by atoms with Crippen molar-refractivity contribution in [3.8, 4) is 11.1 Å². The van der Waals surface area contributed by atoms with E-state index in [1.165, 1.54) is 5.56 Å². The Morgan fingerprint density at radius 3 is 2.56 bits per heavy atom. The molecule has 0 aliphatic carbocycles. The number of aryl methyl sites for hydroxylation is 1. The molecule has 0 radical (unpaired) electrons. The standard InChI is InChI=1S/C22H26N4O/c1-4-26-16-21(14-24-26)17-10-7-11-18(12-17)22(27)23-13-19-8-5-6-9-20(19)15-25(2)3/h5-12,14,16H,4,13,15H2,1-3H3,(H,23,27). The van der Waals surface area contributed by atoms with Crippen molar-refractivity contribution in [2.45, 2.75) is 26.6 Å². The molecule has 0 spiro atoms. The van der Waals surface area contributed by atoms with Crippen LogP contribution >= 0.6 is 0 Å². The van der Waals surface area contributed by atoms with Gasteiger partial charge in [-0.1, -0.05) is 36.4 Å². The Kier molecular flexibility index (Phi) is 6.04. The molecule has 0 fully saturated rings. The van der Waals surface area contributed by atoms with Crippen LogP contribution in [0.25, 0.3) is 11.1 Å². The lowest BCUT2D eigenvalue weighted by Gasteiger charge is -2.14. The van der Waals surface area contributed by atoms with Gasteiger partial charge in [-0.15, -0.1) is 0 Å². The van der Waals surface area contributed by atoms with E-state index in [-0.39, 0.29) is 5.91 Å². The molecule has 1 N–H and O–H groups in total. The van der Waals surface area contributed by atoms with Gasteiger partial charge in [0.25, 0.3) is 5.91 Å². The summed E-state index contributed by atoms with van der Waals surface area (Å²) in [5, 5.41) is 7.35. The van der Waals surface area contributed by atoms with Crippen LogP contribution in [0.2, 0.25) is 0 Å². The van der Waals surface area contributed by atoms with Gasteiger partial charge < -0.3 is 10.2 Å². The summed E-state index contributed by atoms with van der Waals surface area (Å²) in [6.07, 6.45) is 3.83. The highest BCUT2D eigenvalue weighted by molar-refractivity contribution is 5.95. The number of hydrogen-bond donors (Lipinski definition) is 1. The molecular formula is C22H26N4O. The summed E-state index contributed by atoms with van der Waals surface area (Å²) in [4.78, 5) is 14.8. The monoisotopic (exact) mass is 362 g/mol. The summed E-state index contributed by atoms with van der Waals surface area (Å²) < 4.78 is 1.88. The highest BCUT2D eigenvalue weighted by atomic mass is 16.1. The van der Waals surface area contributed by atoms with Crippen LogP contribution in [0, 0.1) is 0 Å². The highest BCUT2D eigenvalue weighted by Crippen LogP contribution is 2.20. The number of nitrogens with zero attached hydrogens (tertiary/aromatic N) is 3. The normalized spacial score (nSPS) is 11.0. The van der Waals surface area contributed by atoms with Crippen molar-refractivity contribution in [1.29, 1.82) is 0 Å². The van der Waals surface area contributed by atoms with Gasteiger partial charge >= 0.3 is 0 Å². The third-order valence-corrected chi connectivity index (χ3v) is 4.46. The maximum atomic E-state index is 12.7. The van der Waals surface area contributed by atoms with Crippen LogP contribution in [-0.4, -0.2) is 34.7 Å². The summed E-state index contributed by atoms with van der Waals surface area (Å²) in [7, 11) is 4.09. The second-order valence-corrected chi connectivity index (χ2v) is 6.85. The molecule has 5 nitrogen and oxygen atoms in total. The van der Waals surface area contributed by atoms with Crippen LogP contribution in [-0.2, 0) is 19.6 Å². The maximum absolute atomic E-state index is 12.7. The molecule has 3 aromatic rings. The number of amides is 1. The van der Waals surface area contributed by atoms with E-state index in [1.807, 2.05) is 67.6 Å². The van der Waals surface area contributed by atoms with Crippen molar-refractivity contribution in [3.63, 3.8) is 0 Å². The first-order valence-electron chi connectivity index (χ1n) is 9.19. The minimum atomic E-state index is -0.0700. The van der Waals surface area contributed by atoms with Gasteiger partial charge in [-0.3, -0.25) is 9.48 Å². The van der Waals surface area contributed by atoms with Crippen LogP contribution in [0.1, 0.15) is 28.4 Å². The molecular weight excluding hydrogens is 336 g/mol. The molecule has 0 aliphatic rings. The molecule has 1 amide bonds. The zero-order chi connectivity index (χ0) is 19.2. The first-order valence-corrected chi connectivity index (χ1v) is 9.19. The first-order chi connectivity index (χ1) is 13.1. The van der Waals surface area contributed by atoms with E-state index in [9.17, 15) is 4.79 Å². The number of nitrogens with one attached hydrogen (secondary N) is 1. The molecule has 0 saturated heterocycles. The molecule has 1 heterocycles. The van der Waals surface area contributed by atoms with E-state index in [0.29, 0.717) is 12.1 Å². The lowest BCUT2D eigenvalue weighted by atomic mass is 10.0. The van der Waals surface area contributed by atoms with Gasteiger partial charge in [0.15, 0.2) is 0 Å². The quantitative estimate of drug-likeness (QED) is 0.699. The Labute approximate surface area is 160 Å². The van der Waals surface area contributed by atoms with Crippen molar-refractivity contribution >= 4 is 5.91 Å². The van der Waals surface area contributed by atoms with E-state index >= 15 is 0 Å². The van der Waals surface area contributed by atoms with Gasteiger partial charge in [-0.05, 0) is 49.8 Å². The largest absolute Gasteiger partial charge is 0.348 e. The zero-order valence-corrected chi connectivity index (χ0v) is 16.1. The third-order valence-electron chi connectivity index (χ3n) is 4.46. The molecule has 2 aromatic carbocycles. The van der Waals surface area contributed by atoms with Gasteiger partial charge in [0, 0.05) is 37.0 Å². The Balaban J connectivity index is 1.71. The summed E-state index contributed by atoms with van der Waals surface area (Å²) in [5.74, 6) is -0.0700. The zero-order valence-electron chi connectivity index (χ0n) is 16.1. The first kappa shape index (κ1) is 18.9. The van der Waals surface area contributed by atoms with Crippen LogP contribution in [0.5, 0.6) is 0 Å². The minimum absolute atomic E-state index is 0.0700. The fraction of sp³-hybridized carbons (Fsp3) is 0.273. The molecule has 0 unspecified atom stereocenters. The lowest BCUT2D eigenvalue weighted by molar-refractivity contribution is 0.0951. The van der Waals surface area contributed by atoms with E-state index < -0.39 is 0 Å². The molecule has 140 valence electrons. The van der Waals surface area contributed by atoms with Crippen LogP contribution < -0.4 is 5.32 Å². The van der Waals surface area contributed by atoms with Gasteiger partial charge in [-0.25, -0.2) is 0 Å². The third kappa shape index (κ3) is 4.83. The molecule has 0 aliphatic heterocycles. The maximum Gasteiger partial charge on any atom is 0.251 e. The highest BCUT2D eigenvalue weighted by Gasteiger charge is 2.10. The summed E-state index contributed by atoms with van der Waals surface area (Å²) in [5.41, 5.74) is 5.03. The Bertz CT molecular complexity index is 914. The smallest absolute Gasteiger partial charge is 0.251 e. The molecule has 5 heteroatoms. The van der Waals surface area contributed by atoms with Crippen molar-refractivity contribution in [3.05, 3.63) is 77.6 Å². The molecule has 3 rings (SSSR count). The summed E-state index contributed by atoms with van der Waals surface area (Å²) in [6.45, 7) is 4.24. The number of rotatable bonds is 7. The topological polar surface area (TPSA) is 50.2 Å². The fourth-order valence-corrected chi connectivity index (χ4v) is 3.03. The van der Waals surface area contributed by atoms with Crippen LogP contribution in [0.3, 0.4) is 0 Å². The average molecular weight is 362 g/mol. The van der Waals surface area contributed by atoms with Gasteiger partial charge in [0.1, 0.15) is 0 Å². The van der Waals surface area contributed by atoms with E-state index in [4.69, 9.17) is 0 Å². The molecule has 0 bridgehead atoms. The van der Waals surface area contributed by atoms with Crippen molar-refractivity contribution in [1.82, 2.24) is 20.0 Å². The van der Waals surface area contributed by atoms with E-state index in [2.05, 4.69) is 34.4 Å². The second-order valence-electron chi connectivity index (χ2n) is 6.85. The fourth-order valence-electron chi connectivity index (χ4n) is 3.03. The van der Waals surface area contributed by atoms with Crippen LogP contribution in [0.15, 0.2) is 60.9 Å². The predicted molar refractivity (Wildman–Crippen MR) is 108 cm³/mol. The molecule has 0 atom stereocenters. The number of carbonyl (C=O) groups is 1. The second kappa shape index (κ2) is 8.64. The number of aromatic nitrogens is 2. The lowest BCUT2D eigenvalue weighted by Crippen LogP contribution is -2.24. The predicted octanol–water partition coefficient (Wildman–Crippen LogP) is 3.56. The number of carbonyl (C=O) groups excluding carboxylic acids is 1. The van der Waals surface area contributed by atoms with E-state index in [0.717, 1.165) is 29.8 Å². The summed E-state index contributed by atoms with van der Waals surface area (Å²) >= 11 is 0. The van der Waals surface area contributed by atoms with Gasteiger partial charge in [0.05, 0.1) is 6.20 Å². The average Bonchev–Trinajstić information content (AvgIpc) is 3.16. The van der Waals surface area contributed by atoms with Crippen molar-refractivity contribution < 1.29 is 4.79 Å². The molecule has 0 saturated carbocycles. The van der Waals surface area contributed by atoms with Gasteiger partial charge in [-0.2, -0.15) is 5.10 Å². The van der Waals surface area contributed by atoms with Crippen LogP contribution in [0.4, 0.5) is 0 Å². The Morgan fingerprint density at radius 1 is 1.07 bits per heavy atom. The Hall–Kier alpha value is -2.92. The SMILES string of the molecule is CCn1cc(-c2cccc(C(=O)NCc3ccccc3CN(C)C)c2)cn1. The number of hydrogen-bond acceptors (Lipinski definition) is 3. The Morgan fingerprint density at radius 2 is 1.85 bits per heavy atom. The van der Waals surface area contributed by atoms with E-state index in [1.54, 1.807) is 0 Å². The molecule has 1 aromatic heterocycles. The number of benzene rings is 2. The minimum Gasteiger partial charge on any atom is -0.348 e. The van der Waals surface area contributed by atoms with Gasteiger partial charge in [0.2, 0.25) is 0 Å². The van der Waals surface area contributed by atoms with Crippen molar-refractivity contribution in [2.24, 2.45) is 0 Å². The molecule has 27 heavy (non-hydrogen) atoms.